The Morgan fingerprint density at radius 1 is 1.06 bits per heavy atom. The lowest BCUT2D eigenvalue weighted by Gasteiger charge is -2.18. The number of halogens is 1. The van der Waals surface area contributed by atoms with Gasteiger partial charge in [0, 0.05) is 11.6 Å². The third kappa shape index (κ3) is 3.71. The summed E-state index contributed by atoms with van der Waals surface area (Å²) in [5.41, 5.74) is 2.56. The Kier molecular flexibility index (Phi) is 5.47. The number of benzene rings is 1. The van der Waals surface area contributed by atoms with Crippen molar-refractivity contribution in [1.29, 1.82) is 0 Å². The highest BCUT2D eigenvalue weighted by atomic mass is 79.9. The van der Waals surface area contributed by atoms with Crippen LogP contribution < -0.4 is 4.74 Å². The van der Waals surface area contributed by atoms with Crippen LogP contribution in [0, 0.1) is 0 Å². The van der Waals surface area contributed by atoms with E-state index >= 15 is 0 Å². The van der Waals surface area contributed by atoms with E-state index in [4.69, 9.17) is 9.47 Å². The van der Waals surface area contributed by atoms with E-state index in [9.17, 15) is 0 Å². The standard InChI is InChI=1S/C14H21BrO2/c1-9(2)12-6-11(17-8-16-5)7-13(10(3)4)14(12)15/h6-7,9-10H,8H2,1-5H3. The zero-order chi connectivity index (χ0) is 13.0. The van der Waals surface area contributed by atoms with Gasteiger partial charge in [-0.15, -0.1) is 0 Å². The molecule has 2 nitrogen and oxygen atoms in total. The van der Waals surface area contributed by atoms with Gasteiger partial charge in [0.05, 0.1) is 0 Å². The first-order valence-corrected chi connectivity index (χ1v) is 6.71. The molecule has 0 amide bonds. The van der Waals surface area contributed by atoms with E-state index in [1.807, 2.05) is 0 Å². The highest BCUT2D eigenvalue weighted by Gasteiger charge is 2.14. The van der Waals surface area contributed by atoms with E-state index in [2.05, 4.69) is 55.8 Å². The Balaban J connectivity index is 3.17. The van der Waals surface area contributed by atoms with Crippen LogP contribution in [0.4, 0.5) is 0 Å². The van der Waals surface area contributed by atoms with Crippen LogP contribution in [-0.4, -0.2) is 13.9 Å². The molecule has 0 fully saturated rings. The molecule has 96 valence electrons. The average Bonchev–Trinajstić information content (AvgIpc) is 2.26. The van der Waals surface area contributed by atoms with Crippen molar-refractivity contribution in [2.45, 2.75) is 39.5 Å². The maximum atomic E-state index is 5.55. The highest BCUT2D eigenvalue weighted by molar-refractivity contribution is 9.10. The molecule has 0 aliphatic carbocycles. The molecule has 0 saturated heterocycles. The molecule has 0 radical (unpaired) electrons. The van der Waals surface area contributed by atoms with E-state index in [0.717, 1.165) is 5.75 Å². The van der Waals surface area contributed by atoms with Gasteiger partial charge in [-0.2, -0.15) is 0 Å². The lowest BCUT2D eigenvalue weighted by Crippen LogP contribution is -2.03. The summed E-state index contributed by atoms with van der Waals surface area (Å²) >= 11 is 3.70. The smallest absolute Gasteiger partial charge is 0.188 e. The third-order valence-electron chi connectivity index (χ3n) is 2.69. The molecular weight excluding hydrogens is 280 g/mol. The topological polar surface area (TPSA) is 18.5 Å². The van der Waals surface area contributed by atoms with Gasteiger partial charge in [-0.05, 0) is 35.1 Å². The molecule has 0 atom stereocenters. The molecule has 17 heavy (non-hydrogen) atoms. The molecular formula is C14H21BrO2. The molecule has 0 N–H and O–H groups in total. The summed E-state index contributed by atoms with van der Waals surface area (Å²) in [6.07, 6.45) is 0. The van der Waals surface area contributed by atoms with Crippen LogP contribution >= 0.6 is 15.9 Å². The van der Waals surface area contributed by atoms with Gasteiger partial charge >= 0.3 is 0 Å². The SMILES string of the molecule is COCOc1cc(C(C)C)c(Br)c(C(C)C)c1. The van der Waals surface area contributed by atoms with Crippen LogP contribution in [0.15, 0.2) is 16.6 Å². The summed E-state index contributed by atoms with van der Waals surface area (Å²) in [4.78, 5) is 0. The lowest BCUT2D eigenvalue weighted by molar-refractivity contribution is 0.0510. The largest absolute Gasteiger partial charge is 0.468 e. The van der Waals surface area contributed by atoms with E-state index in [1.165, 1.54) is 15.6 Å². The number of ether oxygens (including phenoxy) is 2. The number of rotatable bonds is 5. The molecule has 0 aliphatic heterocycles. The Morgan fingerprint density at radius 2 is 1.53 bits per heavy atom. The van der Waals surface area contributed by atoms with Crippen LogP contribution in [0.1, 0.15) is 50.7 Å². The summed E-state index contributed by atoms with van der Waals surface area (Å²) in [5, 5.41) is 0. The zero-order valence-corrected chi connectivity index (χ0v) is 12.8. The highest BCUT2D eigenvalue weighted by Crippen LogP contribution is 2.36. The first-order valence-electron chi connectivity index (χ1n) is 5.92. The van der Waals surface area contributed by atoms with E-state index in [-0.39, 0.29) is 6.79 Å². The normalized spacial score (nSPS) is 11.3. The average molecular weight is 301 g/mol. The lowest BCUT2D eigenvalue weighted by atomic mass is 9.95. The van der Waals surface area contributed by atoms with Gasteiger partial charge in [-0.25, -0.2) is 0 Å². The molecule has 1 aromatic carbocycles. The van der Waals surface area contributed by atoms with Gasteiger partial charge in [0.15, 0.2) is 6.79 Å². The van der Waals surface area contributed by atoms with Crippen LogP contribution in [0.2, 0.25) is 0 Å². The first kappa shape index (κ1) is 14.5. The van der Waals surface area contributed by atoms with Gasteiger partial charge in [0.2, 0.25) is 0 Å². The number of hydrogen-bond acceptors (Lipinski definition) is 2. The maximum absolute atomic E-state index is 5.55. The zero-order valence-electron chi connectivity index (χ0n) is 11.2. The van der Waals surface area contributed by atoms with E-state index in [0.29, 0.717) is 11.8 Å². The fourth-order valence-electron chi connectivity index (χ4n) is 1.69. The minimum Gasteiger partial charge on any atom is -0.468 e. The van der Waals surface area contributed by atoms with Crippen LogP contribution in [0.5, 0.6) is 5.75 Å². The van der Waals surface area contributed by atoms with Crippen molar-refractivity contribution in [3.63, 3.8) is 0 Å². The van der Waals surface area contributed by atoms with Crippen LogP contribution in [0.25, 0.3) is 0 Å². The Labute approximate surface area is 112 Å². The summed E-state index contributed by atoms with van der Waals surface area (Å²) in [6, 6.07) is 4.17. The van der Waals surface area contributed by atoms with Gasteiger partial charge < -0.3 is 9.47 Å². The van der Waals surface area contributed by atoms with Gasteiger partial charge in [0.25, 0.3) is 0 Å². The van der Waals surface area contributed by atoms with Crippen molar-refractivity contribution in [2.24, 2.45) is 0 Å². The molecule has 0 aromatic heterocycles. The summed E-state index contributed by atoms with van der Waals surface area (Å²) in [6.45, 7) is 9.03. The quantitative estimate of drug-likeness (QED) is 0.735. The molecule has 0 spiro atoms. The predicted molar refractivity (Wildman–Crippen MR) is 74.8 cm³/mol. The van der Waals surface area contributed by atoms with Crippen molar-refractivity contribution >= 4 is 15.9 Å². The van der Waals surface area contributed by atoms with Gasteiger partial charge in [-0.3, -0.25) is 0 Å². The second-order valence-corrected chi connectivity index (χ2v) is 5.57. The van der Waals surface area contributed by atoms with Crippen molar-refractivity contribution < 1.29 is 9.47 Å². The summed E-state index contributed by atoms with van der Waals surface area (Å²) in [5.74, 6) is 1.81. The molecule has 0 heterocycles. The fraction of sp³-hybridized carbons (Fsp3) is 0.571. The number of methoxy groups -OCH3 is 1. The molecule has 1 aromatic rings. The second kappa shape index (κ2) is 6.41. The maximum Gasteiger partial charge on any atom is 0.188 e. The summed E-state index contributed by atoms with van der Waals surface area (Å²) in [7, 11) is 1.63. The van der Waals surface area contributed by atoms with E-state index < -0.39 is 0 Å². The van der Waals surface area contributed by atoms with Crippen molar-refractivity contribution in [2.75, 3.05) is 13.9 Å². The molecule has 0 bridgehead atoms. The summed E-state index contributed by atoms with van der Waals surface area (Å²) < 4.78 is 11.7. The predicted octanol–water partition coefficient (Wildman–Crippen LogP) is 4.68. The molecule has 0 aliphatic rings. The van der Waals surface area contributed by atoms with Crippen LogP contribution in [-0.2, 0) is 4.74 Å². The van der Waals surface area contributed by atoms with E-state index in [1.54, 1.807) is 7.11 Å². The molecule has 3 heteroatoms. The molecule has 1 rings (SSSR count). The number of hydrogen-bond donors (Lipinski definition) is 0. The fourth-order valence-corrected chi connectivity index (χ4v) is 2.84. The van der Waals surface area contributed by atoms with Gasteiger partial charge in [0.1, 0.15) is 5.75 Å². The second-order valence-electron chi connectivity index (χ2n) is 4.78. The third-order valence-corrected chi connectivity index (χ3v) is 3.61. The monoisotopic (exact) mass is 300 g/mol. The van der Waals surface area contributed by atoms with Gasteiger partial charge in [-0.1, -0.05) is 43.6 Å². The molecule has 0 unspecified atom stereocenters. The first-order chi connectivity index (χ1) is 7.97. The Hall–Kier alpha value is -0.540. The van der Waals surface area contributed by atoms with Crippen molar-refractivity contribution in [3.8, 4) is 5.75 Å². The minimum absolute atomic E-state index is 0.288. The Bertz CT molecular complexity index is 343. The Morgan fingerprint density at radius 3 is 1.88 bits per heavy atom. The van der Waals surface area contributed by atoms with Crippen molar-refractivity contribution in [1.82, 2.24) is 0 Å². The molecule has 0 saturated carbocycles. The van der Waals surface area contributed by atoms with Crippen molar-refractivity contribution in [3.05, 3.63) is 27.7 Å². The minimum atomic E-state index is 0.288. The van der Waals surface area contributed by atoms with Crippen LogP contribution in [0.3, 0.4) is 0 Å².